The zero-order chi connectivity index (χ0) is 16.2. The summed E-state index contributed by atoms with van der Waals surface area (Å²) in [6, 6.07) is 13.5. The van der Waals surface area contributed by atoms with E-state index in [2.05, 4.69) is 17.2 Å². The molecule has 1 aliphatic heterocycles. The lowest BCUT2D eigenvalue weighted by molar-refractivity contribution is -0.129. The minimum atomic E-state index is -1.66. The molecule has 2 aromatic carbocycles. The standard InChI is InChI=1S/C19H18N2O2/c1-3-12-8-9-16-14(10-12)19(23,18(22)21-16)17-11(2)20-15-7-5-4-6-13(15)17/h4-10,20,23H,3H2,1-2H3,(H,21,22)/t19-/m0/s1. The number of hydrogen-bond donors (Lipinski definition) is 3. The summed E-state index contributed by atoms with van der Waals surface area (Å²) in [6.07, 6.45) is 0.852. The first-order valence-electron chi connectivity index (χ1n) is 7.80. The molecule has 23 heavy (non-hydrogen) atoms. The van der Waals surface area contributed by atoms with E-state index in [1.165, 1.54) is 0 Å². The number of aliphatic hydroxyl groups is 1. The molecule has 0 saturated carbocycles. The molecule has 4 rings (SSSR count). The van der Waals surface area contributed by atoms with E-state index in [0.717, 1.165) is 28.6 Å². The number of hydrogen-bond acceptors (Lipinski definition) is 2. The number of rotatable bonds is 2. The van der Waals surface area contributed by atoms with Gasteiger partial charge in [-0.25, -0.2) is 0 Å². The Morgan fingerprint density at radius 3 is 2.74 bits per heavy atom. The molecule has 1 amide bonds. The number of aryl methyl sites for hydroxylation is 2. The van der Waals surface area contributed by atoms with Crippen molar-refractivity contribution in [3.8, 4) is 0 Å². The summed E-state index contributed by atoms with van der Waals surface area (Å²) in [5.41, 5.74) is 3.10. The molecule has 4 heteroatoms. The van der Waals surface area contributed by atoms with Gasteiger partial charge in [-0.15, -0.1) is 0 Å². The van der Waals surface area contributed by atoms with E-state index in [1.54, 1.807) is 0 Å². The van der Waals surface area contributed by atoms with Crippen LogP contribution in [0.2, 0.25) is 0 Å². The van der Waals surface area contributed by atoms with Crippen molar-refractivity contribution in [1.82, 2.24) is 4.98 Å². The molecule has 0 saturated heterocycles. The third kappa shape index (κ3) is 1.79. The summed E-state index contributed by atoms with van der Waals surface area (Å²) < 4.78 is 0. The molecule has 3 N–H and O–H groups in total. The second-order valence-corrected chi connectivity index (χ2v) is 6.07. The Hall–Kier alpha value is -2.59. The Bertz CT molecular complexity index is 942. The number of anilines is 1. The second-order valence-electron chi connectivity index (χ2n) is 6.07. The first-order valence-corrected chi connectivity index (χ1v) is 7.80. The fourth-order valence-electron chi connectivity index (χ4n) is 3.55. The summed E-state index contributed by atoms with van der Waals surface area (Å²) >= 11 is 0. The van der Waals surface area contributed by atoms with Crippen molar-refractivity contribution in [1.29, 1.82) is 0 Å². The Kier molecular flexibility index (Phi) is 2.87. The van der Waals surface area contributed by atoms with Gasteiger partial charge in [0.05, 0.1) is 0 Å². The summed E-state index contributed by atoms with van der Waals surface area (Å²) in [6.45, 7) is 3.95. The van der Waals surface area contributed by atoms with Gasteiger partial charge in [0.1, 0.15) is 0 Å². The van der Waals surface area contributed by atoms with Crippen molar-refractivity contribution in [2.24, 2.45) is 0 Å². The average molecular weight is 306 g/mol. The molecule has 0 fully saturated rings. The minimum Gasteiger partial charge on any atom is -0.372 e. The van der Waals surface area contributed by atoms with Gasteiger partial charge in [-0.05, 0) is 37.1 Å². The normalized spacial score (nSPS) is 19.9. The number of para-hydroxylation sites is 1. The van der Waals surface area contributed by atoms with Crippen LogP contribution < -0.4 is 5.32 Å². The largest absolute Gasteiger partial charge is 0.372 e. The summed E-state index contributed by atoms with van der Waals surface area (Å²) in [5, 5.41) is 15.1. The first-order chi connectivity index (χ1) is 11.1. The SMILES string of the molecule is CCc1ccc2c(c1)[C@](O)(c1c(C)[nH]c3ccccc13)C(=O)N2. The van der Waals surface area contributed by atoms with Gasteiger partial charge in [0.15, 0.2) is 5.60 Å². The molecular weight excluding hydrogens is 288 g/mol. The van der Waals surface area contributed by atoms with Crippen molar-refractivity contribution >= 4 is 22.5 Å². The fraction of sp³-hybridized carbons (Fsp3) is 0.211. The summed E-state index contributed by atoms with van der Waals surface area (Å²) in [7, 11) is 0. The molecule has 4 nitrogen and oxygen atoms in total. The number of carbonyl (C=O) groups excluding carboxylic acids is 1. The highest BCUT2D eigenvalue weighted by Crippen LogP contribution is 2.45. The van der Waals surface area contributed by atoms with Crippen LogP contribution >= 0.6 is 0 Å². The smallest absolute Gasteiger partial charge is 0.265 e. The highest BCUT2D eigenvalue weighted by Gasteiger charge is 2.49. The van der Waals surface area contributed by atoms with Crippen LogP contribution in [0.15, 0.2) is 42.5 Å². The van der Waals surface area contributed by atoms with Crippen LogP contribution in [-0.2, 0) is 16.8 Å². The number of aromatic nitrogens is 1. The van der Waals surface area contributed by atoms with Crippen LogP contribution in [0.4, 0.5) is 5.69 Å². The maximum Gasteiger partial charge on any atom is 0.265 e. The van der Waals surface area contributed by atoms with Gasteiger partial charge in [0.2, 0.25) is 0 Å². The fourth-order valence-corrected chi connectivity index (χ4v) is 3.55. The molecule has 0 aliphatic carbocycles. The number of carbonyl (C=O) groups is 1. The molecule has 1 atom stereocenters. The molecule has 0 radical (unpaired) electrons. The van der Waals surface area contributed by atoms with Crippen molar-refractivity contribution < 1.29 is 9.90 Å². The Balaban J connectivity index is 2.04. The highest BCUT2D eigenvalue weighted by atomic mass is 16.3. The minimum absolute atomic E-state index is 0.395. The van der Waals surface area contributed by atoms with Gasteiger partial charge in [0.25, 0.3) is 5.91 Å². The van der Waals surface area contributed by atoms with Crippen LogP contribution in [0.5, 0.6) is 0 Å². The lowest BCUT2D eigenvalue weighted by atomic mass is 9.85. The maximum atomic E-state index is 12.7. The number of fused-ring (bicyclic) bond motifs is 2. The van der Waals surface area contributed by atoms with E-state index in [4.69, 9.17) is 0 Å². The van der Waals surface area contributed by atoms with Crippen LogP contribution in [0.1, 0.15) is 29.3 Å². The van der Waals surface area contributed by atoms with Crippen LogP contribution in [0.3, 0.4) is 0 Å². The molecule has 1 aromatic heterocycles. The number of benzene rings is 2. The monoisotopic (exact) mass is 306 g/mol. The topological polar surface area (TPSA) is 65.1 Å². The number of nitrogens with one attached hydrogen (secondary N) is 2. The maximum absolute atomic E-state index is 12.7. The quantitative estimate of drug-likeness (QED) is 0.680. The summed E-state index contributed by atoms with van der Waals surface area (Å²) in [5.74, 6) is -0.395. The molecule has 0 unspecified atom stereocenters. The van der Waals surface area contributed by atoms with E-state index >= 15 is 0 Å². The van der Waals surface area contributed by atoms with E-state index in [9.17, 15) is 9.90 Å². The van der Waals surface area contributed by atoms with Gasteiger partial charge in [-0.3, -0.25) is 4.79 Å². The second kappa shape index (κ2) is 4.70. The van der Waals surface area contributed by atoms with Gasteiger partial charge in [-0.2, -0.15) is 0 Å². The van der Waals surface area contributed by atoms with Crippen molar-refractivity contribution in [3.63, 3.8) is 0 Å². The third-order valence-electron chi connectivity index (χ3n) is 4.71. The molecule has 116 valence electrons. The van der Waals surface area contributed by atoms with Crippen molar-refractivity contribution in [2.45, 2.75) is 25.9 Å². The zero-order valence-electron chi connectivity index (χ0n) is 13.1. The Labute approximate surface area is 134 Å². The lowest BCUT2D eigenvalue weighted by Crippen LogP contribution is -2.35. The van der Waals surface area contributed by atoms with E-state index in [-0.39, 0.29) is 0 Å². The van der Waals surface area contributed by atoms with E-state index in [1.807, 2.05) is 49.4 Å². The van der Waals surface area contributed by atoms with Crippen molar-refractivity contribution in [2.75, 3.05) is 5.32 Å². The number of aromatic amines is 1. The van der Waals surface area contributed by atoms with Crippen molar-refractivity contribution in [3.05, 3.63) is 64.8 Å². The van der Waals surface area contributed by atoms with E-state index < -0.39 is 11.5 Å². The van der Waals surface area contributed by atoms with Gasteiger partial charge < -0.3 is 15.4 Å². The Morgan fingerprint density at radius 1 is 1.17 bits per heavy atom. The lowest BCUT2D eigenvalue weighted by Gasteiger charge is -2.22. The molecule has 0 spiro atoms. The molecule has 3 aromatic rings. The number of H-pyrrole nitrogens is 1. The van der Waals surface area contributed by atoms with Crippen LogP contribution in [0, 0.1) is 6.92 Å². The van der Waals surface area contributed by atoms with Gasteiger partial charge >= 0.3 is 0 Å². The van der Waals surface area contributed by atoms with E-state index in [0.29, 0.717) is 16.8 Å². The first kappa shape index (κ1) is 14.0. The number of amides is 1. The molecule has 0 bridgehead atoms. The molecule has 1 aliphatic rings. The summed E-state index contributed by atoms with van der Waals surface area (Å²) in [4.78, 5) is 15.9. The van der Waals surface area contributed by atoms with Crippen LogP contribution in [0.25, 0.3) is 10.9 Å². The molecule has 2 heterocycles. The Morgan fingerprint density at radius 2 is 1.96 bits per heavy atom. The average Bonchev–Trinajstić information content (AvgIpc) is 3.02. The van der Waals surface area contributed by atoms with Gasteiger partial charge in [0, 0.05) is 33.4 Å². The third-order valence-corrected chi connectivity index (χ3v) is 4.71. The zero-order valence-corrected chi connectivity index (χ0v) is 13.1. The van der Waals surface area contributed by atoms with Crippen LogP contribution in [-0.4, -0.2) is 16.0 Å². The molecular formula is C19H18N2O2. The highest BCUT2D eigenvalue weighted by molar-refractivity contribution is 6.09. The van der Waals surface area contributed by atoms with Gasteiger partial charge in [-0.1, -0.05) is 31.2 Å². The predicted octanol–water partition coefficient (Wildman–Crippen LogP) is 3.23. The predicted molar refractivity (Wildman–Crippen MR) is 90.5 cm³/mol.